The first-order valence-corrected chi connectivity index (χ1v) is 10.4. The molecule has 0 spiro atoms. The Morgan fingerprint density at radius 3 is 2.39 bits per heavy atom. The van der Waals surface area contributed by atoms with Crippen molar-refractivity contribution >= 4 is 44.4 Å². The lowest BCUT2D eigenvalue weighted by Crippen LogP contribution is -2.13. The zero-order valence-corrected chi connectivity index (χ0v) is 17.2. The second-order valence-corrected chi connectivity index (χ2v) is 8.39. The maximum atomic E-state index is 12.6. The molecule has 0 saturated heterocycles. The molecular formula is C18H21ClN4O4S. The summed E-state index contributed by atoms with van der Waals surface area (Å²) in [6.07, 6.45) is 0.690. The van der Waals surface area contributed by atoms with E-state index in [9.17, 15) is 18.5 Å². The smallest absolute Gasteiger partial charge is 0.280 e. The van der Waals surface area contributed by atoms with Crippen LogP contribution in [0.1, 0.15) is 27.2 Å². The minimum Gasteiger partial charge on any atom is -0.280 e. The summed E-state index contributed by atoms with van der Waals surface area (Å²) in [5.74, 6) is 0.180. The third-order valence-corrected chi connectivity index (χ3v) is 5.55. The molecule has 0 unspecified atom stereocenters. The van der Waals surface area contributed by atoms with Crippen molar-refractivity contribution in [2.24, 2.45) is 11.0 Å². The van der Waals surface area contributed by atoms with Gasteiger partial charge in [-0.15, -0.1) is 0 Å². The van der Waals surface area contributed by atoms with Crippen LogP contribution in [0.15, 0.2) is 52.5 Å². The van der Waals surface area contributed by atoms with Gasteiger partial charge in [-0.25, -0.2) is 8.42 Å². The second kappa shape index (κ2) is 9.03. The van der Waals surface area contributed by atoms with Crippen LogP contribution in [0, 0.1) is 16.0 Å². The molecule has 0 radical (unpaired) electrons. The Bertz CT molecular complexity index is 989. The van der Waals surface area contributed by atoms with E-state index >= 15 is 0 Å². The SMILES string of the molecule is CC/C(=N/Nc1ccc(S(=O)(=O)Nc2ccc(Cl)cc2)cc1[N+](=O)[O-])C(C)C. The van der Waals surface area contributed by atoms with E-state index in [1.165, 1.54) is 36.4 Å². The van der Waals surface area contributed by atoms with Crippen molar-refractivity contribution in [3.05, 3.63) is 57.6 Å². The summed E-state index contributed by atoms with van der Waals surface area (Å²) in [6.45, 7) is 5.88. The van der Waals surface area contributed by atoms with Crippen molar-refractivity contribution in [2.45, 2.75) is 32.1 Å². The lowest BCUT2D eigenvalue weighted by atomic mass is 10.1. The standard InChI is InChI=1S/C18H21ClN4O4S/c1-4-16(12(2)3)20-21-17-10-9-15(11-18(17)23(24)25)28(26,27)22-14-7-5-13(19)6-8-14/h5-12,21-22H,4H2,1-3H3/b20-16-. The van der Waals surface area contributed by atoms with Crippen molar-refractivity contribution in [1.29, 1.82) is 0 Å². The van der Waals surface area contributed by atoms with E-state index in [-0.39, 0.29) is 22.2 Å². The summed E-state index contributed by atoms with van der Waals surface area (Å²) in [4.78, 5) is 10.5. The molecule has 0 saturated carbocycles. The Hall–Kier alpha value is -2.65. The summed E-state index contributed by atoms with van der Waals surface area (Å²) in [6, 6.07) is 9.67. The highest BCUT2D eigenvalue weighted by Gasteiger charge is 2.22. The van der Waals surface area contributed by atoms with Gasteiger partial charge in [0.15, 0.2) is 0 Å². The van der Waals surface area contributed by atoms with Gasteiger partial charge in [0.1, 0.15) is 5.69 Å². The third kappa shape index (κ3) is 5.43. The van der Waals surface area contributed by atoms with Gasteiger partial charge in [-0.3, -0.25) is 20.3 Å². The van der Waals surface area contributed by atoms with E-state index in [1.807, 2.05) is 20.8 Å². The van der Waals surface area contributed by atoms with Gasteiger partial charge >= 0.3 is 0 Å². The molecule has 150 valence electrons. The first-order valence-electron chi connectivity index (χ1n) is 8.53. The molecule has 0 atom stereocenters. The number of nitro groups is 1. The van der Waals surface area contributed by atoms with Crippen LogP contribution in [0.5, 0.6) is 0 Å². The van der Waals surface area contributed by atoms with E-state index in [0.29, 0.717) is 17.1 Å². The van der Waals surface area contributed by atoms with Gasteiger partial charge < -0.3 is 0 Å². The zero-order valence-electron chi connectivity index (χ0n) is 15.6. The van der Waals surface area contributed by atoms with E-state index in [4.69, 9.17) is 11.6 Å². The number of benzene rings is 2. The fourth-order valence-electron chi connectivity index (χ4n) is 2.40. The Morgan fingerprint density at radius 1 is 1.21 bits per heavy atom. The van der Waals surface area contributed by atoms with Crippen molar-refractivity contribution < 1.29 is 13.3 Å². The Morgan fingerprint density at radius 2 is 1.86 bits per heavy atom. The van der Waals surface area contributed by atoms with Gasteiger partial charge in [-0.2, -0.15) is 5.10 Å². The molecule has 0 aliphatic rings. The van der Waals surface area contributed by atoms with Crippen molar-refractivity contribution in [2.75, 3.05) is 10.1 Å². The number of hydrazone groups is 1. The summed E-state index contributed by atoms with van der Waals surface area (Å²) >= 11 is 5.79. The van der Waals surface area contributed by atoms with Gasteiger partial charge in [0.25, 0.3) is 15.7 Å². The monoisotopic (exact) mass is 424 g/mol. The number of sulfonamides is 1. The molecule has 10 heteroatoms. The average molecular weight is 425 g/mol. The quantitative estimate of drug-likeness (QED) is 0.356. The minimum absolute atomic E-state index is 0.113. The summed E-state index contributed by atoms with van der Waals surface area (Å²) in [7, 11) is -4.01. The van der Waals surface area contributed by atoms with Crippen molar-refractivity contribution in [3.8, 4) is 0 Å². The van der Waals surface area contributed by atoms with Crippen LogP contribution in [0.2, 0.25) is 5.02 Å². The first kappa shape index (κ1) is 21.6. The molecule has 0 heterocycles. The lowest BCUT2D eigenvalue weighted by Gasteiger charge is -2.11. The summed E-state index contributed by atoms with van der Waals surface area (Å²) < 4.78 is 27.5. The normalized spacial score (nSPS) is 12.1. The molecule has 2 aromatic rings. The molecule has 0 bridgehead atoms. The van der Waals surface area contributed by atoms with Gasteiger partial charge in [-0.1, -0.05) is 32.4 Å². The van der Waals surface area contributed by atoms with Crippen LogP contribution in [-0.4, -0.2) is 19.1 Å². The van der Waals surface area contributed by atoms with E-state index in [2.05, 4.69) is 15.2 Å². The molecular weight excluding hydrogens is 404 g/mol. The van der Waals surface area contributed by atoms with Crippen molar-refractivity contribution in [1.82, 2.24) is 0 Å². The maximum absolute atomic E-state index is 12.6. The lowest BCUT2D eigenvalue weighted by molar-refractivity contribution is -0.384. The largest absolute Gasteiger partial charge is 0.295 e. The number of rotatable bonds is 8. The first-order chi connectivity index (χ1) is 13.1. The number of hydrogen-bond acceptors (Lipinski definition) is 6. The topological polar surface area (TPSA) is 114 Å². The predicted octanol–water partition coefficient (Wildman–Crippen LogP) is 4.88. The maximum Gasteiger partial charge on any atom is 0.295 e. The highest BCUT2D eigenvalue weighted by atomic mass is 35.5. The van der Waals surface area contributed by atoms with E-state index < -0.39 is 14.9 Å². The minimum atomic E-state index is -4.01. The Labute approximate surface area is 168 Å². The van der Waals surface area contributed by atoms with Crippen LogP contribution < -0.4 is 10.1 Å². The van der Waals surface area contributed by atoms with Crippen LogP contribution in [0.3, 0.4) is 0 Å². The fraction of sp³-hybridized carbons (Fsp3) is 0.278. The number of nitrogens with zero attached hydrogens (tertiary/aromatic N) is 2. The van der Waals surface area contributed by atoms with Crippen molar-refractivity contribution in [3.63, 3.8) is 0 Å². The molecule has 8 nitrogen and oxygen atoms in total. The second-order valence-electron chi connectivity index (χ2n) is 6.27. The van der Waals surface area contributed by atoms with Crippen LogP contribution in [0.4, 0.5) is 17.1 Å². The highest BCUT2D eigenvalue weighted by molar-refractivity contribution is 7.92. The zero-order chi connectivity index (χ0) is 20.9. The molecule has 0 fully saturated rings. The van der Waals surface area contributed by atoms with E-state index in [0.717, 1.165) is 11.8 Å². The fourth-order valence-corrected chi connectivity index (χ4v) is 3.61. The van der Waals surface area contributed by atoms with Crippen LogP contribution in [-0.2, 0) is 10.0 Å². The molecule has 0 aliphatic carbocycles. The summed E-state index contributed by atoms with van der Waals surface area (Å²) in [5, 5.41) is 16.1. The van der Waals surface area contributed by atoms with Gasteiger partial charge in [0.2, 0.25) is 0 Å². The van der Waals surface area contributed by atoms with Crippen LogP contribution in [0.25, 0.3) is 0 Å². The molecule has 2 N–H and O–H groups in total. The molecule has 2 aromatic carbocycles. The number of halogens is 1. The molecule has 0 aromatic heterocycles. The van der Waals surface area contributed by atoms with Crippen LogP contribution >= 0.6 is 11.6 Å². The Kier molecular flexibility index (Phi) is 6.98. The molecule has 28 heavy (non-hydrogen) atoms. The molecule has 2 rings (SSSR count). The predicted molar refractivity (Wildman–Crippen MR) is 112 cm³/mol. The van der Waals surface area contributed by atoms with Gasteiger partial charge in [0.05, 0.1) is 9.82 Å². The summed E-state index contributed by atoms with van der Waals surface area (Å²) in [5.41, 5.74) is 3.54. The Balaban J connectivity index is 2.35. The number of nitro benzene ring substituents is 1. The number of anilines is 2. The average Bonchev–Trinajstić information content (AvgIpc) is 2.63. The number of nitrogens with one attached hydrogen (secondary N) is 2. The molecule has 0 aliphatic heterocycles. The number of hydrogen-bond donors (Lipinski definition) is 2. The third-order valence-electron chi connectivity index (χ3n) is 3.92. The molecule has 0 amide bonds. The van der Waals surface area contributed by atoms with E-state index in [1.54, 1.807) is 0 Å². The van der Waals surface area contributed by atoms with Gasteiger partial charge in [0, 0.05) is 22.5 Å². The highest BCUT2D eigenvalue weighted by Crippen LogP contribution is 2.29. The van der Waals surface area contributed by atoms with Gasteiger partial charge in [-0.05, 0) is 48.7 Å².